The largest absolute Gasteiger partial charge is 0.492 e. The Hall–Kier alpha value is -1.47. The highest BCUT2D eigenvalue weighted by molar-refractivity contribution is 7.19. The number of esters is 1. The summed E-state index contributed by atoms with van der Waals surface area (Å²) >= 11 is 1.27. The first-order valence-corrected chi connectivity index (χ1v) is 7.44. The molecule has 0 aromatic carbocycles. The topological polar surface area (TPSA) is 82.8 Å². The molecule has 112 valence electrons. The zero-order valence-electron chi connectivity index (χ0n) is 11.7. The van der Waals surface area contributed by atoms with Crippen LogP contribution in [0, 0.1) is 5.92 Å². The van der Waals surface area contributed by atoms with Gasteiger partial charge in [0.1, 0.15) is 15.6 Å². The molecular formula is C13H20N2O4S. The van der Waals surface area contributed by atoms with Crippen molar-refractivity contribution in [2.45, 2.75) is 13.3 Å². The van der Waals surface area contributed by atoms with Crippen molar-refractivity contribution in [1.29, 1.82) is 0 Å². The zero-order valence-corrected chi connectivity index (χ0v) is 12.5. The first-order valence-electron chi connectivity index (χ1n) is 6.62. The average Bonchev–Trinajstić information content (AvgIpc) is 3.04. The van der Waals surface area contributed by atoms with E-state index in [0.29, 0.717) is 28.8 Å². The van der Waals surface area contributed by atoms with E-state index in [2.05, 4.69) is 5.32 Å². The summed E-state index contributed by atoms with van der Waals surface area (Å²) in [6, 6.07) is 0. The van der Waals surface area contributed by atoms with E-state index in [1.807, 2.05) is 0 Å². The maximum atomic E-state index is 11.8. The van der Waals surface area contributed by atoms with Crippen molar-refractivity contribution in [3.8, 4) is 5.75 Å². The number of nitrogen functional groups attached to an aromatic ring is 1. The number of carbonyl (C=O) groups is 1. The van der Waals surface area contributed by atoms with Gasteiger partial charge < -0.3 is 25.3 Å². The molecule has 1 aromatic rings. The quantitative estimate of drug-likeness (QED) is 0.782. The van der Waals surface area contributed by atoms with E-state index < -0.39 is 5.97 Å². The number of thiophene rings is 1. The van der Waals surface area contributed by atoms with Crippen molar-refractivity contribution in [2.24, 2.45) is 5.92 Å². The lowest BCUT2D eigenvalue weighted by Gasteiger charge is -2.10. The summed E-state index contributed by atoms with van der Waals surface area (Å²) in [5, 5.41) is 4.05. The molecule has 0 radical (unpaired) electrons. The summed E-state index contributed by atoms with van der Waals surface area (Å²) < 4.78 is 15.6. The number of ether oxygens (including phenoxy) is 3. The van der Waals surface area contributed by atoms with Gasteiger partial charge in [-0.15, -0.1) is 11.3 Å². The van der Waals surface area contributed by atoms with Crippen LogP contribution < -0.4 is 15.8 Å². The Bertz CT molecular complexity index is 469. The summed E-state index contributed by atoms with van der Waals surface area (Å²) in [4.78, 5) is 12.2. The molecule has 0 amide bonds. The molecule has 0 aliphatic carbocycles. The average molecular weight is 300 g/mol. The van der Waals surface area contributed by atoms with Gasteiger partial charge >= 0.3 is 5.97 Å². The van der Waals surface area contributed by atoms with Crippen LogP contribution in [0.2, 0.25) is 0 Å². The molecule has 1 fully saturated rings. The molecular weight excluding hydrogens is 280 g/mol. The van der Waals surface area contributed by atoms with Crippen LogP contribution in [-0.4, -0.2) is 39.4 Å². The second-order valence-electron chi connectivity index (χ2n) is 4.54. The number of nitrogens with two attached hydrogens (primary N) is 1. The van der Waals surface area contributed by atoms with Gasteiger partial charge in [-0.05, 0) is 13.3 Å². The third kappa shape index (κ3) is 3.16. The SMILES string of the molecule is CCOC(=O)c1sc(NCC2CCOC2)c(OC)c1N. The van der Waals surface area contributed by atoms with E-state index in [1.165, 1.54) is 18.4 Å². The lowest BCUT2D eigenvalue weighted by Crippen LogP contribution is -2.13. The molecule has 6 nitrogen and oxygen atoms in total. The number of methoxy groups -OCH3 is 1. The van der Waals surface area contributed by atoms with E-state index in [4.69, 9.17) is 19.9 Å². The van der Waals surface area contributed by atoms with Crippen LogP contribution in [0.5, 0.6) is 5.75 Å². The zero-order chi connectivity index (χ0) is 14.5. The molecule has 7 heteroatoms. The van der Waals surface area contributed by atoms with Crippen LogP contribution in [0.3, 0.4) is 0 Å². The molecule has 20 heavy (non-hydrogen) atoms. The van der Waals surface area contributed by atoms with Crippen LogP contribution in [0.1, 0.15) is 23.0 Å². The highest BCUT2D eigenvalue weighted by Gasteiger charge is 2.24. The Morgan fingerprint density at radius 1 is 1.60 bits per heavy atom. The molecule has 2 rings (SSSR count). The minimum atomic E-state index is -0.412. The lowest BCUT2D eigenvalue weighted by atomic mass is 10.1. The maximum Gasteiger partial charge on any atom is 0.350 e. The third-order valence-electron chi connectivity index (χ3n) is 3.14. The molecule has 1 unspecified atom stereocenters. The highest BCUT2D eigenvalue weighted by Crippen LogP contribution is 2.42. The summed E-state index contributed by atoms with van der Waals surface area (Å²) in [7, 11) is 1.54. The van der Waals surface area contributed by atoms with Gasteiger partial charge in [0.2, 0.25) is 0 Å². The van der Waals surface area contributed by atoms with E-state index in [0.717, 1.165) is 31.2 Å². The van der Waals surface area contributed by atoms with Gasteiger partial charge in [0.25, 0.3) is 0 Å². The minimum absolute atomic E-state index is 0.320. The predicted octanol–water partition coefficient (Wildman–Crippen LogP) is 1.96. The van der Waals surface area contributed by atoms with Crippen molar-refractivity contribution >= 4 is 28.0 Å². The van der Waals surface area contributed by atoms with Gasteiger partial charge in [0.15, 0.2) is 5.75 Å². The van der Waals surface area contributed by atoms with E-state index in [9.17, 15) is 4.79 Å². The summed E-state index contributed by atoms with van der Waals surface area (Å²) in [5.74, 6) is 0.580. The van der Waals surface area contributed by atoms with Crippen LogP contribution >= 0.6 is 11.3 Å². The van der Waals surface area contributed by atoms with Gasteiger partial charge in [-0.25, -0.2) is 4.79 Å². The smallest absolute Gasteiger partial charge is 0.350 e. The Morgan fingerprint density at radius 3 is 3.00 bits per heavy atom. The molecule has 1 saturated heterocycles. The Morgan fingerprint density at radius 2 is 2.40 bits per heavy atom. The Kier molecular flexibility index (Phi) is 5.08. The number of nitrogens with one attached hydrogen (secondary N) is 1. The number of hydrogen-bond donors (Lipinski definition) is 2. The van der Waals surface area contributed by atoms with E-state index >= 15 is 0 Å². The summed E-state index contributed by atoms with van der Waals surface area (Å²) in [6.07, 6.45) is 1.04. The second kappa shape index (κ2) is 6.81. The van der Waals surface area contributed by atoms with Gasteiger partial charge in [0, 0.05) is 19.1 Å². The second-order valence-corrected chi connectivity index (χ2v) is 5.56. The standard InChI is InChI=1S/C13H20N2O4S/c1-3-19-13(16)11-9(14)10(17-2)12(20-11)15-6-8-4-5-18-7-8/h8,15H,3-7,14H2,1-2H3. The molecule has 1 atom stereocenters. The van der Waals surface area contributed by atoms with Gasteiger partial charge in [0.05, 0.1) is 20.3 Å². The van der Waals surface area contributed by atoms with Crippen LogP contribution in [-0.2, 0) is 9.47 Å². The fraction of sp³-hybridized carbons (Fsp3) is 0.615. The molecule has 2 heterocycles. The summed E-state index contributed by atoms with van der Waals surface area (Å²) in [5.41, 5.74) is 6.28. The number of rotatable bonds is 6. The van der Waals surface area contributed by atoms with Gasteiger partial charge in [-0.1, -0.05) is 0 Å². The van der Waals surface area contributed by atoms with Gasteiger partial charge in [-0.3, -0.25) is 0 Å². The Labute approximate surface area is 122 Å². The lowest BCUT2D eigenvalue weighted by molar-refractivity contribution is 0.0533. The monoisotopic (exact) mass is 300 g/mol. The number of hydrogen-bond acceptors (Lipinski definition) is 7. The number of anilines is 2. The third-order valence-corrected chi connectivity index (χ3v) is 4.26. The van der Waals surface area contributed by atoms with E-state index in [-0.39, 0.29) is 0 Å². The normalized spacial score (nSPS) is 18.0. The fourth-order valence-electron chi connectivity index (χ4n) is 2.08. The van der Waals surface area contributed by atoms with Crippen LogP contribution in [0.25, 0.3) is 0 Å². The Balaban J connectivity index is 2.10. The van der Waals surface area contributed by atoms with Gasteiger partial charge in [-0.2, -0.15) is 0 Å². The van der Waals surface area contributed by atoms with Crippen molar-refractivity contribution in [3.63, 3.8) is 0 Å². The van der Waals surface area contributed by atoms with Crippen LogP contribution in [0.15, 0.2) is 0 Å². The first-order chi connectivity index (χ1) is 9.67. The molecule has 1 aromatic heterocycles. The minimum Gasteiger partial charge on any atom is -0.492 e. The van der Waals surface area contributed by atoms with Crippen molar-refractivity contribution in [1.82, 2.24) is 0 Å². The molecule has 0 spiro atoms. The molecule has 1 aliphatic rings. The van der Waals surface area contributed by atoms with Crippen molar-refractivity contribution in [2.75, 3.05) is 44.5 Å². The molecule has 0 saturated carbocycles. The molecule has 0 bridgehead atoms. The van der Waals surface area contributed by atoms with Crippen LogP contribution in [0.4, 0.5) is 10.7 Å². The molecule has 3 N–H and O–H groups in total. The fourth-order valence-corrected chi connectivity index (χ4v) is 3.07. The number of carbonyl (C=O) groups excluding carboxylic acids is 1. The highest BCUT2D eigenvalue weighted by atomic mass is 32.1. The first kappa shape index (κ1) is 14.9. The predicted molar refractivity (Wildman–Crippen MR) is 78.7 cm³/mol. The molecule has 1 aliphatic heterocycles. The van der Waals surface area contributed by atoms with Crippen molar-refractivity contribution in [3.05, 3.63) is 4.88 Å². The summed E-state index contributed by atoms with van der Waals surface area (Å²) in [6.45, 7) is 4.43. The van der Waals surface area contributed by atoms with E-state index in [1.54, 1.807) is 6.92 Å². The van der Waals surface area contributed by atoms with Crippen molar-refractivity contribution < 1.29 is 19.0 Å². The maximum absolute atomic E-state index is 11.8.